The fraction of sp³-hybridized carbons (Fsp3) is 0. The highest BCUT2D eigenvalue weighted by Crippen LogP contribution is 2.10. The second-order valence-electron chi connectivity index (χ2n) is 1.88. The van der Waals surface area contributed by atoms with Crippen molar-refractivity contribution in [1.29, 1.82) is 0 Å². The first kappa shape index (κ1) is 8.32. The first-order valence-corrected chi connectivity index (χ1v) is 3.99. The topological polar surface area (TPSA) is 56.2 Å². The molecule has 2 N–H and O–H groups in total. The molecule has 0 aromatic carbocycles. The van der Waals surface area contributed by atoms with Crippen LogP contribution in [0.2, 0.25) is 0 Å². The Labute approximate surface area is 77.4 Å². The van der Waals surface area contributed by atoms with Gasteiger partial charge in [0, 0.05) is 6.08 Å². The van der Waals surface area contributed by atoms with Crippen molar-refractivity contribution >= 4 is 34.6 Å². The number of nitrogens with two attached hydrogens (primary N) is 1. The lowest BCUT2D eigenvalue weighted by atomic mass is 10.4. The van der Waals surface area contributed by atoms with Crippen LogP contribution in [0.1, 0.15) is 5.76 Å². The van der Waals surface area contributed by atoms with E-state index in [4.69, 9.17) is 10.2 Å². The van der Waals surface area contributed by atoms with Crippen LogP contribution >= 0.6 is 22.6 Å². The molecule has 0 fully saturated rings. The van der Waals surface area contributed by atoms with Crippen LogP contribution in [0, 0.1) is 3.77 Å². The Hall–Kier alpha value is -0.780. The van der Waals surface area contributed by atoms with Crippen molar-refractivity contribution in [1.82, 2.24) is 0 Å². The number of hydrogen-bond donors (Lipinski definition) is 1. The van der Waals surface area contributed by atoms with E-state index in [2.05, 4.69) is 0 Å². The Morgan fingerprint density at radius 1 is 1.64 bits per heavy atom. The van der Waals surface area contributed by atoms with Gasteiger partial charge in [-0.25, -0.2) is 0 Å². The average molecular weight is 263 g/mol. The summed E-state index contributed by atoms with van der Waals surface area (Å²) in [6, 6.07) is 3.57. The van der Waals surface area contributed by atoms with E-state index >= 15 is 0 Å². The molecule has 0 unspecified atom stereocenters. The third-order valence-electron chi connectivity index (χ3n) is 1.01. The van der Waals surface area contributed by atoms with Crippen LogP contribution in [-0.2, 0) is 4.79 Å². The van der Waals surface area contributed by atoms with Crippen LogP contribution in [0.25, 0.3) is 6.08 Å². The summed E-state index contributed by atoms with van der Waals surface area (Å²) in [5.41, 5.74) is 4.88. The minimum absolute atomic E-state index is 0.476. The van der Waals surface area contributed by atoms with E-state index in [9.17, 15) is 4.79 Å². The van der Waals surface area contributed by atoms with E-state index in [0.29, 0.717) is 5.76 Å². The summed E-state index contributed by atoms with van der Waals surface area (Å²) in [4.78, 5) is 10.3. The number of carbonyl (C=O) groups excluding carboxylic acids is 1. The average Bonchev–Trinajstić information content (AvgIpc) is 2.31. The summed E-state index contributed by atoms with van der Waals surface area (Å²) in [5.74, 6) is 0.157. The number of hydrogen-bond acceptors (Lipinski definition) is 2. The Morgan fingerprint density at radius 3 is 2.82 bits per heavy atom. The molecule has 1 amide bonds. The Kier molecular flexibility index (Phi) is 2.70. The Bertz CT molecular complexity index is 290. The molecule has 3 nitrogen and oxygen atoms in total. The van der Waals surface area contributed by atoms with Crippen LogP contribution in [-0.4, -0.2) is 5.91 Å². The first-order chi connectivity index (χ1) is 5.18. The van der Waals surface area contributed by atoms with Gasteiger partial charge < -0.3 is 10.2 Å². The van der Waals surface area contributed by atoms with Crippen molar-refractivity contribution in [2.75, 3.05) is 0 Å². The maximum atomic E-state index is 10.3. The van der Waals surface area contributed by atoms with Crippen molar-refractivity contribution in [2.45, 2.75) is 0 Å². The van der Waals surface area contributed by atoms with Gasteiger partial charge in [0.05, 0.1) is 0 Å². The summed E-state index contributed by atoms with van der Waals surface area (Å²) >= 11 is 2.04. The molecule has 1 heterocycles. The lowest BCUT2D eigenvalue weighted by Crippen LogP contribution is -2.04. The lowest BCUT2D eigenvalue weighted by Gasteiger charge is -1.81. The molecule has 0 aliphatic carbocycles. The molecule has 0 spiro atoms. The Morgan fingerprint density at radius 2 is 2.36 bits per heavy atom. The largest absolute Gasteiger partial charge is 0.451 e. The normalized spacial score (nSPS) is 10.6. The second-order valence-corrected chi connectivity index (χ2v) is 2.94. The van der Waals surface area contributed by atoms with E-state index in [1.807, 2.05) is 22.6 Å². The molecule has 0 bridgehead atoms. The van der Waals surface area contributed by atoms with Crippen LogP contribution < -0.4 is 5.73 Å². The molecule has 1 aromatic rings. The molecule has 1 aromatic heterocycles. The van der Waals surface area contributed by atoms with Gasteiger partial charge in [-0.3, -0.25) is 4.79 Å². The lowest BCUT2D eigenvalue weighted by molar-refractivity contribution is -0.113. The third-order valence-corrected chi connectivity index (χ3v) is 1.59. The van der Waals surface area contributed by atoms with Gasteiger partial charge in [0.15, 0.2) is 3.77 Å². The van der Waals surface area contributed by atoms with Crippen LogP contribution in [0.15, 0.2) is 22.6 Å². The maximum absolute atomic E-state index is 10.3. The number of rotatable bonds is 2. The highest BCUT2D eigenvalue weighted by Gasteiger charge is 1.93. The number of halogens is 1. The van der Waals surface area contributed by atoms with Gasteiger partial charge in [0.25, 0.3) is 0 Å². The highest BCUT2D eigenvalue weighted by atomic mass is 127. The van der Waals surface area contributed by atoms with Crippen molar-refractivity contribution in [2.24, 2.45) is 5.73 Å². The molecule has 0 saturated heterocycles. The van der Waals surface area contributed by atoms with Gasteiger partial charge in [-0.1, -0.05) is 0 Å². The van der Waals surface area contributed by atoms with Gasteiger partial charge in [0.1, 0.15) is 5.76 Å². The van der Waals surface area contributed by atoms with E-state index in [-0.39, 0.29) is 0 Å². The first-order valence-electron chi connectivity index (χ1n) is 2.91. The number of carbonyl (C=O) groups is 1. The monoisotopic (exact) mass is 263 g/mol. The van der Waals surface area contributed by atoms with Gasteiger partial charge >= 0.3 is 0 Å². The predicted molar refractivity (Wildman–Crippen MR) is 49.7 cm³/mol. The van der Waals surface area contributed by atoms with Crippen molar-refractivity contribution in [3.05, 3.63) is 27.7 Å². The molecule has 0 saturated carbocycles. The van der Waals surface area contributed by atoms with Crippen LogP contribution in [0.5, 0.6) is 0 Å². The Balaban J connectivity index is 2.71. The highest BCUT2D eigenvalue weighted by molar-refractivity contribution is 14.1. The summed E-state index contributed by atoms with van der Waals surface area (Å²) in [6.45, 7) is 0. The fourth-order valence-electron chi connectivity index (χ4n) is 0.582. The molecule has 0 radical (unpaired) electrons. The van der Waals surface area contributed by atoms with E-state index in [1.54, 1.807) is 12.1 Å². The molecular weight excluding hydrogens is 257 g/mol. The summed E-state index contributed by atoms with van der Waals surface area (Å²) in [7, 11) is 0. The molecule has 0 atom stereocenters. The summed E-state index contributed by atoms with van der Waals surface area (Å²) in [6.07, 6.45) is 2.79. The third kappa shape index (κ3) is 2.75. The smallest absolute Gasteiger partial charge is 0.241 e. The summed E-state index contributed by atoms with van der Waals surface area (Å²) < 4.78 is 5.91. The van der Waals surface area contributed by atoms with Gasteiger partial charge in [0.2, 0.25) is 5.91 Å². The second kappa shape index (κ2) is 3.56. The number of furan rings is 1. The SMILES string of the molecule is NC(=O)/C=C/c1ccc(I)o1. The minimum atomic E-state index is -0.476. The molecule has 1 rings (SSSR count). The molecule has 11 heavy (non-hydrogen) atoms. The van der Waals surface area contributed by atoms with E-state index < -0.39 is 5.91 Å². The van der Waals surface area contributed by atoms with E-state index in [1.165, 1.54) is 12.2 Å². The molecule has 0 aliphatic heterocycles. The zero-order valence-corrected chi connectivity index (χ0v) is 7.74. The van der Waals surface area contributed by atoms with E-state index in [0.717, 1.165) is 3.77 Å². The predicted octanol–water partition coefficient (Wildman–Crippen LogP) is 1.38. The van der Waals surface area contributed by atoms with Gasteiger partial charge in [-0.2, -0.15) is 0 Å². The number of amides is 1. The number of primary amides is 1. The maximum Gasteiger partial charge on any atom is 0.241 e. The molecule has 58 valence electrons. The zero-order valence-electron chi connectivity index (χ0n) is 5.58. The van der Waals surface area contributed by atoms with Crippen LogP contribution in [0.3, 0.4) is 0 Å². The van der Waals surface area contributed by atoms with Crippen molar-refractivity contribution in [3.8, 4) is 0 Å². The van der Waals surface area contributed by atoms with Gasteiger partial charge in [-0.05, 0) is 40.8 Å². The molecular formula is C7H6INO2. The molecule has 0 aliphatic rings. The fourth-order valence-corrected chi connectivity index (χ4v) is 1.02. The molecule has 4 heteroatoms. The zero-order chi connectivity index (χ0) is 8.27. The van der Waals surface area contributed by atoms with Crippen molar-refractivity contribution < 1.29 is 9.21 Å². The van der Waals surface area contributed by atoms with Crippen LogP contribution in [0.4, 0.5) is 0 Å². The standard InChI is InChI=1S/C7H6INO2/c8-6-3-1-5(11-6)2-4-7(9)10/h1-4H,(H2,9,10)/b4-2+. The minimum Gasteiger partial charge on any atom is -0.451 e. The summed E-state index contributed by atoms with van der Waals surface area (Å²) in [5, 5.41) is 0. The van der Waals surface area contributed by atoms with Crippen molar-refractivity contribution in [3.63, 3.8) is 0 Å². The van der Waals surface area contributed by atoms with Gasteiger partial charge in [-0.15, -0.1) is 0 Å². The quantitative estimate of drug-likeness (QED) is 0.647.